The lowest BCUT2D eigenvalue weighted by molar-refractivity contribution is -0.124. The molecule has 0 atom stereocenters. The van der Waals surface area contributed by atoms with Crippen molar-refractivity contribution in [2.75, 3.05) is 0 Å². The second-order valence-electron chi connectivity index (χ2n) is 7.29. The summed E-state index contributed by atoms with van der Waals surface area (Å²) in [5.41, 5.74) is -0.172. The molecular weight excluding hydrogens is 458 g/mol. The summed E-state index contributed by atoms with van der Waals surface area (Å²) in [5, 5.41) is 6.17. The van der Waals surface area contributed by atoms with E-state index in [9.17, 15) is 14.0 Å². The highest BCUT2D eigenvalue weighted by Gasteiger charge is 2.51. The van der Waals surface area contributed by atoms with Crippen LogP contribution < -0.4 is 15.4 Å². The Bertz CT molecular complexity index is 1170. The summed E-state index contributed by atoms with van der Waals surface area (Å²) in [4.78, 5) is 32.5. The monoisotopic (exact) mass is 474 g/mol. The summed E-state index contributed by atoms with van der Waals surface area (Å²) in [5.74, 6) is -1.11. The number of nitrogens with one attached hydrogen (secondary N) is 2. The predicted octanol–water partition coefficient (Wildman–Crippen LogP) is 4.29. The van der Waals surface area contributed by atoms with E-state index in [1.54, 1.807) is 18.2 Å². The number of benzene rings is 2. The molecule has 1 fully saturated rings. The molecule has 7 nitrogen and oxygen atoms in total. The van der Waals surface area contributed by atoms with Gasteiger partial charge in [0.2, 0.25) is 5.91 Å². The van der Waals surface area contributed by atoms with Crippen LogP contribution in [0, 0.1) is 5.82 Å². The largest absolute Gasteiger partial charge is 0.453 e. The molecular formula is C22H17Cl2FN4O3. The van der Waals surface area contributed by atoms with Gasteiger partial charge < -0.3 is 15.4 Å². The summed E-state index contributed by atoms with van der Waals surface area (Å²) < 4.78 is 20.0. The quantitative estimate of drug-likeness (QED) is 0.532. The van der Waals surface area contributed by atoms with Crippen molar-refractivity contribution in [2.45, 2.75) is 24.9 Å². The summed E-state index contributed by atoms with van der Waals surface area (Å²) in [6, 6.07) is 8.97. The molecule has 1 aliphatic carbocycles. The van der Waals surface area contributed by atoms with Gasteiger partial charge in [-0.05, 0) is 48.7 Å². The predicted molar refractivity (Wildman–Crippen MR) is 116 cm³/mol. The van der Waals surface area contributed by atoms with Crippen LogP contribution >= 0.6 is 23.2 Å². The number of rotatable bonds is 7. The van der Waals surface area contributed by atoms with Crippen LogP contribution in [0.1, 0.15) is 28.8 Å². The molecule has 0 bridgehead atoms. The summed E-state index contributed by atoms with van der Waals surface area (Å²) in [7, 11) is 0. The number of carbonyl (C=O) groups excluding carboxylic acids is 2. The Morgan fingerprint density at radius 2 is 1.78 bits per heavy atom. The van der Waals surface area contributed by atoms with Crippen LogP contribution in [0.3, 0.4) is 0 Å². The minimum atomic E-state index is -0.972. The topological polar surface area (TPSA) is 93.2 Å². The van der Waals surface area contributed by atoms with E-state index in [0.717, 1.165) is 0 Å². The molecule has 4 rings (SSSR count). The van der Waals surface area contributed by atoms with E-state index < -0.39 is 17.3 Å². The van der Waals surface area contributed by atoms with Crippen molar-refractivity contribution in [3.05, 3.63) is 82.1 Å². The third-order valence-electron chi connectivity index (χ3n) is 4.92. The lowest BCUT2D eigenvalue weighted by Gasteiger charge is -2.17. The SMILES string of the molecule is O=C(NC1(C(=O)NCc2ccc(Oc3ccc(Cl)cc3Cl)c(F)c2)CC1)c1cncnc1. The zero-order chi connectivity index (χ0) is 22.7. The number of halogens is 3. The molecule has 164 valence electrons. The Hall–Kier alpha value is -3.23. The van der Waals surface area contributed by atoms with Gasteiger partial charge in [-0.3, -0.25) is 9.59 Å². The van der Waals surface area contributed by atoms with Crippen molar-refractivity contribution >= 4 is 35.0 Å². The molecule has 32 heavy (non-hydrogen) atoms. The van der Waals surface area contributed by atoms with E-state index in [1.807, 2.05) is 0 Å². The molecule has 1 saturated carbocycles. The minimum absolute atomic E-state index is 0.0136. The number of hydrogen-bond donors (Lipinski definition) is 2. The maximum absolute atomic E-state index is 14.5. The highest BCUT2D eigenvalue weighted by atomic mass is 35.5. The Balaban J connectivity index is 1.36. The third-order valence-corrected chi connectivity index (χ3v) is 5.45. The first kappa shape index (κ1) is 22.0. The summed E-state index contributed by atoms with van der Waals surface area (Å²) >= 11 is 11.9. The zero-order valence-electron chi connectivity index (χ0n) is 16.6. The minimum Gasteiger partial charge on any atom is -0.453 e. The molecule has 3 aromatic rings. The van der Waals surface area contributed by atoms with E-state index in [-0.39, 0.29) is 34.5 Å². The van der Waals surface area contributed by atoms with Crippen molar-refractivity contribution < 1.29 is 18.7 Å². The first-order chi connectivity index (χ1) is 15.4. The van der Waals surface area contributed by atoms with Gasteiger partial charge in [0.25, 0.3) is 5.91 Å². The number of nitrogens with zero attached hydrogens (tertiary/aromatic N) is 2. The van der Waals surface area contributed by atoms with Gasteiger partial charge in [-0.1, -0.05) is 29.3 Å². The van der Waals surface area contributed by atoms with E-state index >= 15 is 0 Å². The molecule has 10 heteroatoms. The average Bonchev–Trinajstić information content (AvgIpc) is 3.56. The fourth-order valence-corrected chi connectivity index (χ4v) is 3.45. The van der Waals surface area contributed by atoms with Crippen LogP contribution in [-0.4, -0.2) is 27.3 Å². The van der Waals surface area contributed by atoms with Crippen LogP contribution in [0.15, 0.2) is 55.1 Å². The Morgan fingerprint density at radius 3 is 2.44 bits per heavy atom. The fraction of sp³-hybridized carbons (Fsp3) is 0.182. The Kier molecular flexibility index (Phi) is 6.25. The van der Waals surface area contributed by atoms with Crippen molar-refractivity contribution in [1.29, 1.82) is 0 Å². The first-order valence-electron chi connectivity index (χ1n) is 9.63. The molecule has 2 aromatic carbocycles. The zero-order valence-corrected chi connectivity index (χ0v) is 18.1. The van der Waals surface area contributed by atoms with Gasteiger partial charge in [-0.25, -0.2) is 14.4 Å². The third kappa shape index (κ3) is 4.98. The molecule has 0 radical (unpaired) electrons. The van der Waals surface area contributed by atoms with E-state index in [4.69, 9.17) is 27.9 Å². The van der Waals surface area contributed by atoms with E-state index in [1.165, 1.54) is 36.9 Å². The molecule has 1 heterocycles. The second-order valence-corrected chi connectivity index (χ2v) is 8.13. The second kappa shape index (κ2) is 9.10. The maximum Gasteiger partial charge on any atom is 0.255 e. The van der Waals surface area contributed by atoms with Crippen molar-refractivity contribution in [2.24, 2.45) is 0 Å². The van der Waals surface area contributed by atoms with Gasteiger partial charge in [-0.15, -0.1) is 0 Å². The number of amides is 2. The molecule has 2 amide bonds. The molecule has 0 spiro atoms. The number of aromatic nitrogens is 2. The smallest absolute Gasteiger partial charge is 0.255 e. The van der Waals surface area contributed by atoms with Crippen molar-refractivity contribution in [1.82, 2.24) is 20.6 Å². The molecule has 1 aromatic heterocycles. The van der Waals surface area contributed by atoms with Crippen LogP contribution in [-0.2, 0) is 11.3 Å². The lowest BCUT2D eigenvalue weighted by atomic mass is 10.1. The van der Waals surface area contributed by atoms with Crippen molar-refractivity contribution in [3.63, 3.8) is 0 Å². The summed E-state index contributed by atoms with van der Waals surface area (Å²) in [6.45, 7) is 0.0871. The van der Waals surface area contributed by atoms with Gasteiger partial charge in [0.1, 0.15) is 17.6 Å². The fourth-order valence-electron chi connectivity index (χ4n) is 3.00. The van der Waals surface area contributed by atoms with Crippen LogP contribution in [0.25, 0.3) is 0 Å². The molecule has 1 aliphatic rings. The highest BCUT2D eigenvalue weighted by molar-refractivity contribution is 6.35. The standard InChI is InChI=1S/C22H17Cl2FN4O3/c23-15-2-4-18(16(24)8-15)32-19-3-1-13(7-17(19)25)9-28-21(31)22(5-6-22)29-20(30)14-10-26-12-27-11-14/h1-4,7-8,10-12H,5-6,9H2,(H,28,31)(H,29,30). The average molecular weight is 475 g/mol. The molecule has 0 saturated heterocycles. The van der Waals surface area contributed by atoms with Gasteiger partial charge in [0.05, 0.1) is 10.6 Å². The molecule has 0 unspecified atom stereocenters. The molecule has 0 aliphatic heterocycles. The van der Waals surface area contributed by atoms with Crippen molar-refractivity contribution in [3.8, 4) is 11.5 Å². The van der Waals surface area contributed by atoms with Gasteiger partial charge in [-0.2, -0.15) is 0 Å². The Labute approximate surface area is 192 Å². The highest BCUT2D eigenvalue weighted by Crippen LogP contribution is 2.36. The maximum atomic E-state index is 14.5. The lowest BCUT2D eigenvalue weighted by Crippen LogP contribution is -2.48. The van der Waals surface area contributed by atoms with Gasteiger partial charge in [0.15, 0.2) is 11.6 Å². The normalized spacial score (nSPS) is 13.8. The van der Waals surface area contributed by atoms with E-state index in [2.05, 4.69) is 20.6 Å². The van der Waals surface area contributed by atoms with Gasteiger partial charge >= 0.3 is 0 Å². The van der Waals surface area contributed by atoms with Crippen LogP contribution in [0.4, 0.5) is 4.39 Å². The first-order valence-corrected chi connectivity index (χ1v) is 10.4. The molecule has 2 N–H and O–H groups in total. The number of hydrogen-bond acceptors (Lipinski definition) is 5. The van der Waals surface area contributed by atoms with Crippen LogP contribution in [0.5, 0.6) is 11.5 Å². The van der Waals surface area contributed by atoms with Crippen LogP contribution in [0.2, 0.25) is 10.0 Å². The number of carbonyl (C=O) groups is 2. The Morgan fingerprint density at radius 1 is 1.06 bits per heavy atom. The van der Waals surface area contributed by atoms with Gasteiger partial charge in [0, 0.05) is 24.0 Å². The number of ether oxygens (including phenoxy) is 1. The summed E-state index contributed by atoms with van der Waals surface area (Å²) in [6.07, 6.45) is 5.10. The van der Waals surface area contributed by atoms with E-state index in [0.29, 0.717) is 23.4 Å².